The Morgan fingerprint density at radius 3 is 2.75 bits per heavy atom. The highest BCUT2D eigenvalue weighted by atomic mass is 79.9. The molecular weight excluding hydrogens is 460 g/mol. The topological polar surface area (TPSA) is 39.4 Å². The maximum absolute atomic E-state index is 12.9. The summed E-state index contributed by atoms with van der Waals surface area (Å²) in [6.07, 6.45) is 6.40. The van der Waals surface area contributed by atoms with Gasteiger partial charge in [0.15, 0.2) is 0 Å². The van der Waals surface area contributed by atoms with E-state index in [9.17, 15) is 4.79 Å². The third kappa shape index (κ3) is 4.42. The lowest BCUT2D eigenvalue weighted by atomic mass is 10.0. The number of para-hydroxylation sites is 1. The van der Waals surface area contributed by atoms with E-state index >= 15 is 0 Å². The first-order valence-corrected chi connectivity index (χ1v) is 11.6. The summed E-state index contributed by atoms with van der Waals surface area (Å²) < 4.78 is 12.3. The molecule has 1 aliphatic rings. The smallest absolute Gasteiger partial charge is 0.380 e. The van der Waals surface area contributed by atoms with Crippen LogP contribution in [-0.4, -0.2) is 11.2 Å². The van der Waals surface area contributed by atoms with Gasteiger partial charge >= 0.3 is 5.97 Å². The van der Waals surface area contributed by atoms with E-state index in [1.54, 1.807) is 18.2 Å². The van der Waals surface area contributed by atoms with E-state index < -0.39 is 5.97 Å². The first-order valence-electron chi connectivity index (χ1n) is 9.41. The first kappa shape index (κ1) is 19.9. The Bertz CT molecular complexity index is 995. The lowest BCUT2D eigenvalue weighted by Gasteiger charge is -2.20. The van der Waals surface area contributed by atoms with Crippen molar-refractivity contribution in [1.82, 2.24) is 0 Å². The van der Waals surface area contributed by atoms with Gasteiger partial charge in [-0.25, -0.2) is 4.79 Å². The van der Waals surface area contributed by atoms with Crippen LogP contribution in [0.4, 0.5) is 0 Å². The fourth-order valence-electron chi connectivity index (χ4n) is 3.54. The predicted octanol–water partition coefficient (Wildman–Crippen LogP) is 7.63. The summed E-state index contributed by atoms with van der Waals surface area (Å²) in [4.78, 5) is 12.9. The molecule has 1 aromatic heterocycles. The third-order valence-corrected chi connectivity index (χ3v) is 7.18. The third-order valence-electron chi connectivity index (χ3n) is 5.00. The van der Waals surface area contributed by atoms with Crippen molar-refractivity contribution in [3.05, 3.63) is 63.3 Å². The van der Waals surface area contributed by atoms with Crippen molar-refractivity contribution in [2.45, 2.75) is 43.1 Å². The number of carbonyl (C=O) groups excluding carboxylic acids is 1. The Labute approximate surface area is 181 Å². The van der Waals surface area contributed by atoms with Gasteiger partial charge in [0.2, 0.25) is 5.76 Å². The van der Waals surface area contributed by atoms with Crippen LogP contribution in [0.2, 0.25) is 5.02 Å². The van der Waals surface area contributed by atoms with Gasteiger partial charge in [-0.15, -0.1) is 0 Å². The monoisotopic (exact) mass is 478 g/mol. The van der Waals surface area contributed by atoms with Crippen LogP contribution < -0.4 is 4.74 Å². The van der Waals surface area contributed by atoms with E-state index in [2.05, 4.69) is 15.9 Å². The van der Waals surface area contributed by atoms with E-state index in [1.165, 1.54) is 32.1 Å². The molecular formula is C22H20BrClO3S. The van der Waals surface area contributed by atoms with Crippen LogP contribution in [0.25, 0.3) is 11.0 Å². The van der Waals surface area contributed by atoms with Gasteiger partial charge in [-0.1, -0.05) is 65.0 Å². The molecule has 0 unspecified atom stereocenters. The van der Waals surface area contributed by atoms with Crippen LogP contribution in [-0.2, 0) is 5.75 Å². The molecule has 0 radical (unpaired) electrons. The molecule has 2 aromatic carbocycles. The minimum absolute atomic E-state index is 0.267. The van der Waals surface area contributed by atoms with Gasteiger partial charge in [0.1, 0.15) is 11.3 Å². The van der Waals surface area contributed by atoms with Crippen molar-refractivity contribution in [3.8, 4) is 5.75 Å². The molecule has 6 heteroatoms. The zero-order chi connectivity index (χ0) is 19.5. The Morgan fingerprint density at radius 1 is 1.18 bits per heavy atom. The molecule has 3 nitrogen and oxygen atoms in total. The summed E-state index contributed by atoms with van der Waals surface area (Å²) in [5, 5.41) is 1.99. The molecule has 1 aliphatic carbocycles. The minimum atomic E-state index is -0.514. The zero-order valence-electron chi connectivity index (χ0n) is 15.3. The lowest BCUT2D eigenvalue weighted by molar-refractivity contribution is 0.0703. The van der Waals surface area contributed by atoms with Crippen LogP contribution in [0, 0.1) is 0 Å². The summed E-state index contributed by atoms with van der Waals surface area (Å²) >= 11 is 11.5. The molecule has 0 N–H and O–H groups in total. The Hall–Kier alpha value is -1.43. The van der Waals surface area contributed by atoms with Gasteiger partial charge in [0.25, 0.3) is 0 Å². The number of esters is 1. The highest BCUT2D eigenvalue weighted by molar-refractivity contribution is 9.10. The number of furan rings is 1. The molecule has 1 saturated carbocycles. The number of ether oxygens (including phenoxy) is 1. The molecule has 4 rings (SSSR count). The number of hydrogen-bond acceptors (Lipinski definition) is 4. The molecule has 28 heavy (non-hydrogen) atoms. The molecule has 1 heterocycles. The van der Waals surface area contributed by atoms with Gasteiger partial charge in [-0.05, 0) is 37.1 Å². The quantitative estimate of drug-likeness (QED) is 0.278. The number of rotatable bonds is 5. The molecule has 1 fully saturated rings. The van der Waals surface area contributed by atoms with E-state index in [-0.39, 0.29) is 5.76 Å². The van der Waals surface area contributed by atoms with Crippen molar-refractivity contribution in [2.75, 3.05) is 0 Å². The largest absolute Gasteiger partial charge is 0.449 e. The second kappa shape index (κ2) is 8.93. The Morgan fingerprint density at radius 2 is 1.96 bits per heavy atom. The fourth-order valence-corrected chi connectivity index (χ4v) is 5.61. The fraction of sp³-hybridized carbons (Fsp3) is 0.318. The van der Waals surface area contributed by atoms with Crippen LogP contribution in [0.1, 0.15) is 48.2 Å². The molecule has 0 amide bonds. The van der Waals surface area contributed by atoms with Crippen LogP contribution >= 0.6 is 39.3 Å². The number of benzene rings is 2. The number of halogens is 2. The predicted molar refractivity (Wildman–Crippen MR) is 118 cm³/mol. The maximum atomic E-state index is 12.9. The first-order chi connectivity index (χ1) is 13.6. The highest BCUT2D eigenvalue weighted by Crippen LogP contribution is 2.36. The average molecular weight is 480 g/mol. The Balaban J connectivity index is 1.60. The number of fused-ring (bicyclic) bond motifs is 1. The normalized spacial score (nSPS) is 15.1. The van der Waals surface area contributed by atoms with E-state index in [4.69, 9.17) is 20.8 Å². The summed E-state index contributed by atoms with van der Waals surface area (Å²) in [5.41, 5.74) is 1.61. The Kier molecular flexibility index (Phi) is 6.34. The zero-order valence-corrected chi connectivity index (χ0v) is 18.4. The van der Waals surface area contributed by atoms with Gasteiger partial charge < -0.3 is 9.15 Å². The number of hydrogen-bond donors (Lipinski definition) is 0. The van der Waals surface area contributed by atoms with Gasteiger partial charge in [-0.2, -0.15) is 11.8 Å². The van der Waals surface area contributed by atoms with Crippen molar-refractivity contribution >= 4 is 56.2 Å². The number of carbonyl (C=O) groups is 1. The maximum Gasteiger partial charge on any atom is 0.380 e. The highest BCUT2D eigenvalue weighted by Gasteiger charge is 2.24. The van der Waals surface area contributed by atoms with Crippen molar-refractivity contribution in [3.63, 3.8) is 0 Å². The lowest BCUT2D eigenvalue weighted by Crippen LogP contribution is -2.11. The number of thioether (sulfide) groups is 1. The molecule has 0 spiro atoms. The van der Waals surface area contributed by atoms with E-state index in [0.29, 0.717) is 21.6 Å². The van der Waals surface area contributed by atoms with Crippen LogP contribution in [0.5, 0.6) is 5.75 Å². The summed E-state index contributed by atoms with van der Waals surface area (Å²) in [6, 6.07) is 12.9. The molecule has 0 atom stereocenters. The van der Waals surface area contributed by atoms with Crippen LogP contribution in [0.3, 0.4) is 0 Å². The average Bonchev–Trinajstić information content (AvgIpc) is 3.08. The van der Waals surface area contributed by atoms with E-state index in [0.717, 1.165) is 21.2 Å². The molecule has 146 valence electrons. The van der Waals surface area contributed by atoms with Gasteiger partial charge in [0.05, 0.1) is 5.02 Å². The second-order valence-corrected chi connectivity index (χ2v) is 9.55. The second-order valence-electron chi connectivity index (χ2n) is 6.94. The van der Waals surface area contributed by atoms with Crippen molar-refractivity contribution < 1.29 is 13.9 Å². The van der Waals surface area contributed by atoms with Gasteiger partial charge in [0, 0.05) is 26.4 Å². The summed E-state index contributed by atoms with van der Waals surface area (Å²) in [5.74, 6) is 0.810. The minimum Gasteiger partial charge on any atom is -0.449 e. The molecule has 0 aliphatic heterocycles. The van der Waals surface area contributed by atoms with Crippen molar-refractivity contribution in [2.24, 2.45) is 0 Å². The SMILES string of the molecule is O=C(Oc1ccc(Br)cc1Cl)c1oc2ccccc2c1CSC1CCCCC1. The molecule has 3 aromatic rings. The van der Waals surface area contributed by atoms with E-state index in [1.807, 2.05) is 36.0 Å². The van der Waals surface area contributed by atoms with Crippen LogP contribution in [0.15, 0.2) is 51.4 Å². The summed E-state index contributed by atoms with van der Waals surface area (Å²) in [6.45, 7) is 0. The van der Waals surface area contributed by atoms with Gasteiger partial charge in [-0.3, -0.25) is 0 Å². The molecule has 0 bridgehead atoms. The standard InChI is InChI=1S/C22H20BrClO3S/c23-14-10-11-20(18(24)12-14)27-22(25)21-17(13-28-15-6-2-1-3-7-15)16-8-4-5-9-19(16)26-21/h4-5,8-12,15H,1-3,6-7,13H2. The summed E-state index contributed by atoms with van der Waals surface area (Å²) in [7, 11) is 0. The molecule has 0 saturated heterocycles. The van der Waals surface area contributed by atoms with Crippen molar-refractivity contribution in [1.29, 1.82) is 0 Å².